The van der Waals surface area contributed by atoms with Crippen molar-refractivity contribution < 1.29 is 4.74 Å². The van der Waals surface area contributed by atoms with Crippen LogP contribution < -0.4 is 4.74 Å². The van der Waals surface area contributed by atoms with E-state index in [1.165, 1.54) is 12.8 Å². The predicted octanol–water partition coefficient (Wildman–Crippen LogP) is 2.84. The Morgan fingerprint density at radius 3 is 2.94 bits per heavy atom. The molecule has 0 radical (unpaired) electrons. The van der Waals surface area contributed by atoms with Gasteiger partial charge in [0.1, 0.15) is 0 Å². The third kappa shape index (κ3) is 3.31. The molecule has 0 aliphatic rings. The second-order valence-corrected chi connectivity index (χ2v) is 3.84. The van der Waals surface area contributed by atoms with Gasteiger partial charge in [-0.1, -0.05) is 25.8 Å². The summed E-state index contributed by atoms with van der Waals surface area (Å²) in [5.74, 6) is 1.44. The summed E-state index contributed by atoms with van der Waals surface area (Å²) in [6.45, 7) is 2.90. The first-order valence-electron chi connectivity index (χ1n) is 6.00. The van der Waals surface area contributed by atoms with Gasteiger partial charge in [-0.2, -0.15) is 10.1 Å². The standard InChI is InChI=1S/C13H17N3O/c1-2-3-4-11-17-13-8-5-7-12(15-13)16-10-6-9-14-16/h5-10H,2-4,11H2,1H3. The van der Waals surface area contributed by atoms with E-state index in [4.69, 9.17) is 4.74 Å². The molecular weight excluding hydrogens is 214 g/mol. The average molecular weight is 231 g/mol. The van der Waals surface area contributed by atoms with Crippen molar-refractivity contribution in [2.75, 3.05) is 6.61 Å². The van der Waals surface area contributed by atoms with Crippen molar-refractivity contribution in [2.45, 2.75) is 26.2 Å². The van der Waals surface area contributed by atoms with Gasteiger partial charge >= 0.3 is 0 Å². The Bertz CT molecular complexity index is 440. The Kier molecular flexibility index (Phi) is 4.13. The Labute approximate surface area is 101 Å². The molecule has 17 heavy (non-hydrogen) atoms. The predicted molar refractivity (Wildman–Crippen MR) is 66.4 cm³/mol. The lowest BCUT2D eigenvalue weighted by Crippen LogP contribution is -2.02. The Morgan fingerprint density at radius 2 is 2.18 bits per heavy atom. The number of rotatable bonds is 6. The van der Waals surface area contributed by atoms with Gasteiger partial charge in [0.15, 0.2) is 5.82 Å². The molecule has 0 fully saturated rings. The van der Waals surface area contributed by atoms with Crippen LogP contribution in [0.25, 0.3) is 5.82 Å². The molecule has 0 aromatic carbocycles. The van der Waals surface area contributed by atoms with Crippen LogP contribution in [0.4, 0.5) is 0 Å². The SMILES string of the molecule is CCCCCOc1cccc(-n2cccn2)n1. The van der Waals surface area contributed by atoms with E-state index < -0.39 is 0 Å². The maximum absolute atomic E-state index is 5.59. The van der Waals surface area contributed by atoms with Gasteiger partial charge in [-0.05, 0) is 18.6 Å². The average Bonchev–Trinajstić information content (AvgIpc) is 2.89. The molecule has 0 aliphatic carbocycles. The highest BCUT2D eigenvalue weighted by molar-refractivity contribution is 5.26. The van der Waals surface area contributed by atoms with Gasteiger partial charge in [0.25, 0.3) is 0 Å². The molecule has 0 amide bonds. The van der Waals surface area contributed by atoms with Crippen molar-refractivity contribution in [3.05, 3.63) is 36.7 Å². The summed E-state index contributed by atoms with van der Waals surface area (Å²) in [4.78, 5) is 4.39. The summed E-state index contributed by atoms with van der Waals surface area (Å²) in [6.07, 6.45) is 7.06. The van der Waals surface area contributed by atoms with Crippen LogP contribution in [0.3, 0.4) is 0 Å². The highest BCUT2D eigenvalue weighted by atomic mass is 16.5. The first-order chi connectivity index (χ1) is 8.40. The summed E-state index contributed by atoms with van der Waals surface area (Å²) in [7, 11) is 0. The van der Waals surface area contributed by atoms with E-state index >= 15 is 0 Å². The number of ether oxygens (including phenoxy) is 1. The Balaban J connectivity index is 1.97. The minimum Gasteiger partial charge on any atom is -0.478 e. The highest BCUT2D eigenvalue weighted by Crippen LogP contribution is 2.11. The van der Waals surface area contributed by atoms with Gasteiger partial charge in [0, 0.05) is 18.5 Å². The molecule has 2 rings (SSSR count). The number of nitrogens with zero attached hydrogens (tertiary/aromatic N) is 3. The van der Waals surface area contributed by atoms with Crippen molar-refractivity contribution in [2.24, 2.45) is 0 Å². The quantitative estimate of drug-likeness (QED) is 0.718. The molecule has 0 saturated heterocycles. The van der Waals surface area contributed by atoms with Gasteiger partial charge in [-0.15, -0.1) is 0 Å². The van der Waals surface area contributed by atoms with E-state index in [0.717, 1.165) is 18.8 Å². The molecule has 0 N–H and O–H groups in total. The zero-order chi connectivity index (χ0) is 11.9. The van der Waals surface area contributed by atoms with Crippen molar-refractivity contribution in [3.63, 3.8) is 0 Å². The molecule has 2 aromatic rings. The maximum Gasteiger partial charge on any atom is 0.215 e. The Morgan fingerprint density at radius 1 is 1.24 bits per heavy atom. The minimum atomic E-state index is 0.661. The number of hydrogen-bond acceptors (Lipinski definition) is 3. The molecule has 2 aromatic heterocycles. The van der Waals surface area contributed by atoms with Crippen LogP contribution in [0, 0.1) is 0 Å². The fraction of sp³-hybridized carbons (Fsp3) is 0.385. The third-order valence-corrected chi connectivity index (χ3v) is 2.45. The Hall–Kier alpha value is -1.84. The molecule has 4 nitrogen and oxygen atoms in total. The van der Waals surface area contributed by atoms with Crippen LogP contribution in [0.2, 0.25) is 0 Å². The van der Waals surface area contributed by atoms with Crippen LogP contribution >= 0.6 is 0 Å². The van der Waals surface area contributed by atoms with Crippen molar-refractivity contribution in [1.29, 1.82) is 0 Å². The second-order valence-electron chi connectivity index (χ2n) is 3.84. The fourth-order valence-electron chi connectivity index (χ4n) is 1.55. The molecular formula is C13H17N3O. The summed E-state index contributed by atoms with van der Waals surface area (Å²) >= 11 is 0. The molecule has 2 heterocycles. The van der Waals surface area contributed by atoms with Gasteiger partial charge in [-0.25, -0.2) is 4.68 Å². The van der Waals surface area contributed by atoms with Crippen molar-refractivity contribution in [1.82, 2.24) is 14.8 Å². The van der Waals surface area contributed by atoms with E-state index in [1.807, 2.05) is 30.5 Å². The third-order valence-electron chi connectivity index (χ3n) is 2.45. The van der Waals surface area contributed by atoms with E-state index in [1.54, 1.807) is 10.9 Å². The first kappa shape index (κ1) is 11.6. The summed E-state index contributed by atoms with van der Waals surface area (Å²) in [6, 6.07) is 7.58. The lowest BCUT2D eigenvalue weighted by atomic mass is 10.3. The summed E-state index contributed by atoms with van der Waals surface area (Å²) in [5.41, 5.74) is 0. The molecule has 0 atom stereocenters. The van der Waals surface area contributed by atoms with Crippen LogP contribution in [0.5, 0.6) is 5.88 Å². The number of aromatic nitrogens is 3. The summed E-state index contributed by atoms with van der Waals surface area (Å²) < 4.78 is 7.32. The lowest BCUT2D eigenvalue weighted by molar-refractivity contribution is 0.294. The van der Waals surface area contributed by atoms with E-state index in [9.17, 15) is 0 Å². The van der Waals surface area contributed by atoms with E-state index in [0.29, 0.717) is 5.88 Å². The summed E-state index contributed by atoms with van der Waals surface area (Å²) in [5, 5.41) is 4.14. The molecule has 90 valence electrons. The van der Waals surface area contributed by atoms with Crippen LogP contribution in [0.1, 0.15) is 26.2 Å². The van der Waals surface area contributed by atoms with Gasteiger partial charge in [0.05, 0.1) is 6.61 Å². The molecule has 0 bridgehead atoms. The second kappa shape index (κ2) is 6.03. The van der Waals surface area contributed by atoms with E-state index in [2.05, 4.69) is 17.0 Å². The maximum atomic E-state index is 5.59. The fourth-order valence-corrected chi connectivity index (χ4v) is 1.55. The first-order valence-corrected chi connectivity index (χ1v) is 6.00. The number of hydrogen-bond donors (Lipinski definition) is 0. The number of unbranched alkanes of at least 4 members (excludes halogenated alkanes) is 2. The van der Waals surface area contributed by atoms with Crippen LogP contribution in [0.15, 0.2) is 36.7 Å². The molecule has 0 saturated carbocycles. The lowest BCUT2D eigenvalue weighted by Gasteiger charge is -2.06. The van der Waals surface area contributed by atoms with Crippen molar-refractivity contribution in [3.8, 4) is 11.7 Å². The molecule has 0 aliphatic heterocycles. The molecule has 0 unspecified atom stereocenters. The van der Waals surface area contributed by atoms with Crippen LogP contribution in [-0.2, 0) is 0 Å². The number of pyridine rings is 1. The van der Waals surface area contributed by atoms with E-state index in [-0.39, 0.29) is 0 Å². The highest BCUT2D eigenvalue weighted by Gasteiger charge is 2.00. The van der Waals surface area contributed by atoms with Crippen molar-refractivity contribution >= 4 is 0 Å². The largest absolute Gasteiger partial charge is 0.478 e. The minimum absolute atomic E-state index is 0.661. The zero-order valence-corrected chi connectivity index (χ0v) is 10.0. The topological polar surface area (TPSA) is 39.9 Å². The van der Waals surface area contributed by atoms with Gasteiger partial charge in [-0.3, -0.25) is 0 Å². The van der Waals surface area contributed by atoms with Gasteiger partial charge in [0.2, 0.25) is 5.88 Å². The monoisotopic (exact) mass is 231 g/mol. The molecule has 4 heteroatoms. The smallest absolute Gasteiger partial charge is 0.215 e. The van der Waals surface area contributed by atoms with Crippen LogP contribution in [-0.4, -0.2) is 21.4 Å². The zero-order valence-electron chi connectivity index (χ0n) is 10.0. The van der Waals surface area contributed by atoms with Gasteiger partial charge < -0.3 is 4.74 Å². The normalized spacial score (nSPS) is 10.4. The molecule has 0 spiro atoms.